The molecule has 0 aliphatic heterocycles. The van der Waals surface area contributed by atoms with E-state index in [1.165, 1.54) is 25.7 Å². The van der Waals surface area contributed by atoms with Crippen LogP contribution in [-0.4, -0.2) is 17.0 Å². The van der Waals surface area contributed by atoms with Crippen molar-refractivity contribution in [1.82, 2.24) is 0 Å². The maximum atomic E-state index is 12.6. The number of allylic oxidation sites excluding steroid dienone is 2. The third-order valence-electron chi connectivity index (χ3n) is 5.96. The molecule has 146 valence electrons. The van der Waals surface area contributed by atoms with Crippen molar-refractivity contribution in [2.24, 2.45) is 23.7 Å². The molecular formula is C23H42O2. The molecule has 1 unspecified atom stereocenters. The Hall–Kier alpha value is -0.630. The molecule has 1 fully saturated rings. The minimum atomic E-state index is -0.463. The third-order valence-corrected chi connectivity index (χ3v) is 5.96. The average Bonchev–Trinajstić information content (AvgIpc) is 2.57. The van der Waals surface area contributed by atoms with Crippen LogP contribution in [0.3, 0.4) is 0 Å². The number of hydrogen-bond donors (Lipinski definition) is 1. The van der Waals surface area contributed by atoms with Crippen molar-refractivity contribution in [1.29, 1.82) is 0 Å². The zero-order chi connectivity index (χ0) is 18.7. The fraction of sp³-hybridized carbons (Fsp3) is 0.870. The summed E-state index contributed by atoms with van der Waals surface area (Å²) in [6.07, 6.45) is 16.1. The van der Waals surface area contributed by atoms with Crippen molar-refractivity contribution in [2.75, 3.05) is 0 Å². The number of unbranched alkanes of at least 4 members (excludes halogenated alkanes) is 6. The molecule has 0 aromatic carbocycles. The molecule has 0 saturated heterocycles. The molecule has 0 heterocycles. The molecule has 1 rings (SSSR count). The topological polar surface area (TPSA) is 37.3 Å². The summed E-state index contributed by atoms with van der Waals surface area (Å²) in [5.74, 6) is 1.43. The van der Waals surface area contributed by atoms with Gasteiger partial charge < -0.3 is 5.11 Å². The lowest BCUT2D eigenvalue weighted by atomic mass is 9.65. The number of carbonyl (C=O) groups is 1. The normalized spacial score (nSPS) is 25.8. The number of rotatable bonds is 12. The van der Waals surface area contributed by atoms with Crippen molar-refractivity contribution in [2.45, 2.75) is 104 Å². The van der Waals surface area contributed by atoms with Gasteiger partial charge in [0.05, 0.1) is 12.0 Å². The Bertz CT molecular complexity index is 386. The first-order valence-electron chi connectivity index (χ1n) is 10.9. The van der Waals surface area contributed by atoms with Crippen molar-refractivity contribution in [3.05, 3.63) is 12.2 Å². The molecule has 1 N–H and O–H groups in total. The number of ketones is 1. The Morgan fingerprint density at radius 2 is 1.76 bits per heavy atom. The zero-order valence-corrected chi connectivity index (χ0v) is 17.2. The smallest absolute Gasteiger partial charge is 0.139 e. The standard InChI is InChI=1S/C23H42O2/c1-5-7-9-10-11-13-14-20-19(18(3)4)16-17-22(25)23(20)21(24)15-12-8-6-2/h13-14,18-21,23-24H,5-12,15-17H2,1-4H3/b14-13+/t19-,20-,21?,23-/m1/s1. The van der Waals surface area contributed by atoms with Crippen LogP contribution in [0.5, 0.6) is 0 Å². The van der Waals surface area contributed by atoms with Crippen molar-refractivity contribution in [3.63, 3.8) is 0 Å². The molecule has 1 aliphatic rings. The number of hydrogen-bond acceptors (Lipinski definition) is 2. The fourth-order valence-corrected chi connectivity index (χ4v) is 4.39. The summed E-state index contributed by atoms with van der Waals surface area (Å²) in [5, 5.41) is 10.8. The lowest BCUT2D eigenvalue weighted by molar-refractivity contribution is -0.133. The highest BCUT2D eigenvalue weighted by molar-refractivity contribution is 5.83. The molecule has 2 nitrogen and oxygen atoms in total. The van der Waals surface area contributed by atoms with E-state index in [0.29, 0.717) is 24.0 Å². The van der Waals surface area contributed by atoms with Gasteiger partial charge in [-0.15, -0.1) is 0 Å². The highest BCUT2D eigenvalue weighted by atomic mass is 16.3. The Morgan fingerprint density at radius 3 is 2.40 bits per heavy atom. The summed E-state index contributed by atoms with van der Waals surface area (Å²) in [7, 11) is 0. The number of aliphatic hydroxyl groups is 1. The lowest BCUT2D eigenvalue weighted by Gasteiger charge is -2.40. The van der Waals surface area contributed by atoms with E-state index in [0.717, 1.165) is 38.5 Å². The summed E-state index contributed by atoms with van der Waals surface area (Å²) in [5.41, 5.74) is 0. The van der Waals surface area contributed by atoms with Gasteiger partial charge in [0.25, 0.3) is 0 Å². The second-order valence-electron chi connectivity index (χ2n) is 8.36. The molecular weight excluding hydrogens is 308 g/mol. The van der Waals surface area contributed by atoms with E-state index in [-0.39, 0.29) is 11.8 Å². The fourth-order valence-electron chi connectivity index (χ4n) is 4.39. The molecule has 0 aromatic heterocycles. The molecule has 0 amide bonds. The zero-order valence-electron chi connectivity index (χ0n) is 17.2. The average molecular weight is 351 g/mol. The van der Waals surface area contributed by atoms with Crippen LogP contribution in [0.4, 0.5) is 0 Å². The van der Waals surface area contributed by atoms with Crippen LogP contribution >= 0.6 is 0 Å². The first kappa shape index (κ1) is 22.4. The predicted molar refractivity (Wildman–Crippen MR) is 108 cm³/mol. The van der Waals surface area contributed by atoms with Gasteiger partial charge in [0.2, 0.25) is 0 Å². The molecule has 1 saturated carbocycles. The first-order chi connectivity index (χ1) is 12.0. The number of Topliss-reactive ketones (excluding diaryl/α,β-unsaturated/α-hetero) is 1. The third kappa shape index (κ3) is 7.64. The van der Waals surface area contributed by atoms with Gasteiger partial charge >= 0.3 is 0 Å². The molecule has 0 radical (unpaired) electrons. The summed E-state index contributed by atoms with van der Waals surface area (Å²) in [6, 6.07) is 0. The Kier molecular flexibility index (Phi) is 11.4. The largest absolute Gasteiger partial charge is 0.392 e. The molecule has 1 aliphatic carbocycles. The second kappa shape index (κ2) is 12.7. The van der Waals surface area contributed by atoms with Gasteiger partial charge in [-0.1, -0.05) is 78.4 Å². The summed E-state index contributed by atoms with van der Waals surface area (Å²) < 4.78 is 0. The van der Waals surface area contributed by atoms with Gasteiger partial charge in [-0.3, -0.25) is 4.79 Å². The highest BCUT2D eigenvalue weighted by Crippen LogP contribution is 2.40. The molecule has 4 atom stereocenters. The minimum absolute atomic E-state index is 0.176. The van der Waals surface area contributed by atoms with Crippen LogP contribution in [0.1, 0.15) is 98.3 Å². The second-order valence-corrected chi connectivity index (χ2v) is 8.36. The number of carbonyl (C=O) groups excluding carboxylic acids is 1. The van der Waals surface area contributed by atoms with Crippen LogP contribution in [-0.2, 0) is 4.79 Å². The van der Waals surface area contributed by atoms with Crippen molar-refractivity contribution >= 4 is 5.78 Å². The maximum absolute atomic E-state index is 12.6. The van der Waals surface area contributed by atoms with Gasteiger partial charge in [0, 0.05) is 6.42 Å². The van der Waals surface area contributed by atoms with E-state index in [4.69, 9.17) is 0 Å². The van der Waals surface area contributed by atoms with Crippen molar-refractivity contribution in [3.8, 4) is 0 Å². The highest BCUT2D eigenvalue weighted by Gasteiger charge is 2.41. The van der Waals surface area contributed by atoms with E-state index < -0.39 is 6.10 Å². The molecule has 2 heteroatoms. The SMILES string of the molecule is CCCCCC/C=C/[C@@H]1[C@@H](C(C)C)CCC(=O)[C@H]1C(O)CCCCC. The predicted octanol–water partition coefficient (Wildman–Crippen LogP) is 6.32. The van der Waals surface area contributed by atoms with E-state index in [1.807, 2.05) is 0 Å². The van der Waals surface area contributed by atoms with Gasteiger partial charge in [-0.05, 0) is 43.4 Å². The molecule has 25 heavy (non-hydrogen) atoms. The Labute approximate surface area is 156 Å². The van der Waals surface area contributed by atoms with E-state index >= 15 is 0 Å². The van der Waals surface area contributed by atoms with Crippen LogP contribution in [0, 0.1) is 23.7 Å². The summed E-state index contributed by atoms with van der Waals surface area (Å²) in [4.78, 5) is 12.6. The van der Waals surface area contributed by atoms with Crippen LogP contribution in [0.2, 0.25) is 0 Å². The quantitative estimate of drug-likeness (QED) is 0.330. The van der Waals surface area contributed by atoms with Crippen molar-refractivity contribution < 1.29 is 9.90 Å². The van der Waals surface area contributed by atoms with Crippen LogP contribution in [0.25, 0.3) is 0 Å². The van der Waals surface area contributed by atoms with Gasteiger partial charge in [-0.25, -0.2) is 0 Å². The summed E-state index contributed by atoms with van der Waals surface area (Å²) in [6.45, 7) is 8.95. The summed E-state index contributed by atoms with van der Waals surface area (Å²) >= 11 is 0. The Balaban J connectivity index is 2.75. The van der Waals surface area contributed by atoms with Gasteiger partial charge in [0.15, 0.2) is 0 Å². The van der Waals surface area contributed by atoms with E-state index in [9.17, 15) is 9.90 Å². The van der Waals surface area contributed by atoms with Crippen LogP contribution < -0.4 is 0 Å². The molecule has 0 bridgehead atoms. The van der Waals surface area contributed by atoms with E-state index in [2.05, 4.69) is 39.8 Å². The minimum Gasteiger partial charge on any atom is -0.392 e. The van der Waals surface area contributed by atoms with Crippen LogP contribution in [0.15, 0.2) is 12.2 Å². The number of aliphatic hydroxyl groups excluding tert-OH is 1. The van der Waals surface area contributed by atoms with E-state index in [1.54, 1.807) is 0 Å². The van der Waals surface area contributed by atoms with Gasteiger partial charge in [0.1, 0.15) is 5.78 Å². The maximum Gasteiger partial charge on any atom is 0.139 e. The molecule has 0 aromatic rings. The monoisotopic (exact) mass is 350 g/mol. The van der Waals surface area contributed by atoms with Gasteiger partial charge in [-0.2, -0.15) is 0 Å². The Morgan fingerprint density at radius 1 is 1.08 bits per heavy atom. The lowest BCUT2D eigenvalue weighted by Crippen LogP contribution is -2.42. The first-order valence-corrected chi connectivity index (χ1v) is 10.9. The molecule has 0 spiro atoms.